The summed E-state index contributed by atoms with van der Waals surface area (Å²) >= 11 is 6.10. The van der Waals surface area contributed by atoms with E-state index >= 15 is 0 Å². The molecule has 5 heteroatoms. The Hall–Kier alpha value is -2.12. The van der Waals surface area contributed by atoms with Crippen LogP contribution in [0.3, 0.4) is 0 Å². The third-order valence-electron chi connectivity index (χ3n) is 2.81. The second-order valence-corrected chi connectivity index (χ2v) is 4.31. The summed E-state index contributed by atoms with van der Waals surface area (Å²) in [4.78, 5) is 2.84. The van der Waals surface area contributed by atoms with E-state index in [4.69, 9.17) is 27.3 Å². The van der Waals surface area contributed by atoms with Gasteiger partial charge < -0.3 is 15.5 Å². The summed E-state index contributed by atoms with van der Waals surface area (Å²) in [6.07, 6.45) is 1.71. The van der Waals surface area contributed by atoms with Crippen LogP contribution in [0.4, 0.5) is 5.82 Å². The lowest BCUT2D eigenvalue weighted by molar-refractivity contribution is 0.415. The zero-order valence-corrected chi connectivity index (χ0v) is 10.8. The fourth-order valence-corrected chi connectivity index (χ4v) is 2.11. The Bertz CT molecular complexity index is 640. The monoisotopic (exact) mass is 261 g/mol. The van der Waals surface area contributed by atoms with Gasteiger partial charge in [0, 0.05) is 11.8 Å². The molecule has 0 bridgehead atoms. The first kappa shape index (κ1) is 12.3. The molecule has 0 aliphatic rings. The predicted molar refractivity (Wildman–Crippen MR) is 71.7 cm³/mol. The molecule has 0 saturated heterocycles. The Balaban J connectivity index is 2.65. The van der Waals surface area contributed by atoms with Crippen LogP contribution in [0.15, 0.2) is 18.3 Å². The first-order valence-corrected chi connectivity index (χ1v) is 5.67. The number of aromatic nitrogens is 1. The van der Waals surface area contributed by atoms with Crippen LogP contribution in [0.2, 0.25) is 5.02 Å². The smallest absolute Gasteiger partial charge is 0.137 e. The first-order valence-electron chi connectivity index (χ1n) is 5.30. The molecule has 0 radical (unpaired) electrons. The van der Waals surface area contributed by atoms with Crippen molar-refractivity contribution in [3.63, 3.8) is 0 Å². The maximum absolute atomic E-state index is 9.10. The van der Waals surface area contributed by atoms with Gasteiger partial charge in [-0.3, -0.25) is 0 Å². The molecule has 0 aliphatic carbocycles. The number of rotatable bonds is 2. The van der Waals surface area contributed by atoms with Crippen molar-refractivity contribution in [2.24, 2.45) is 0 Å². The van der Waals surface area contributed by atoms with Crippen LogP contribution >= 0.6 is 11.6 Å². The second kappa shape index (κ2) is 4.63. The van der Waals surface area contributed by atoms with Gasteiger partial charge in [-0.2, -0.15) is 5.26 Å². The Morgan fingerprint density at radius 2 is 2.11 bits per heavy atom. The minimum absolute atomic E-state index is 0.360. The molecule has 0 saturated carbocycles. The van der Waals surface area contributed by atoms with Crippen molar-refractivity contribution in [1.82, 2.24) is 4.98 Å². The van der Waals surface area contributed by atoms with Crippen LogP contribution in [0.1, 0.15) is 11.1 Å². The Morgan fingerprint density at radius 1 is 1.39 bits per heavy atom. The minimum atomic E-state index is 0.360. The highest BCUT2D eigenvalue weighted by Crippen LogP contribution is 2.36. The predicted octanol–water partition coefficient (Wildman–Crippen LogP) is 3.11. The van der Waals surface area contributed by atoms with E-state index in [1.165, 1.54) is 0 Å². The van der Waals surface area contributed by atoms with Crippen molar-refractivity contribution in [3.8, 4) is 22.9 Å². The standard InChI is InChI=1S/C13H12ClN3O/c1-7-3-12(18-2)11(14)4-8(7)10-6-17-13(16)9(10)5-15/h3-4,6,17H,16H2,1-2H3. The van der Waals surface area contributed by atoms with Gasteiger partial charge in [0.05, 0.1) is 12.1 Å². The van der Waals surface area contributed by atoms with Crippen molar-refractivity contribution < 1.29 is 4.74 Å². The van der Waals surface area contributed by atoms with Gasteiger partial charge in [0.15, 0.2) is 0 Å². The molecule has 92 valence electrons. The van der Waals surface area contributed by atoms with Crippen LogP contribution < -0.4 is 10.5 Å². The Kier molecular flexibility index (Phi) is 3.17. The van der Waals surface area contributed by atoms with Crippen LogP contribution in [-0.2, 0) is 0 Å². The van der Waals surface area contributed by atoms with Gasteiger partial charge in [-0.15, -0.1) is 0 Å². The van der Waals surface area contributed by atoms with Gasteiger partial charge in [-0.25, -0.2) is 0 Å². The number of methoxy groups -OCH3 is 1. The van der Waals surface area contributed by atoms with Gasteiger partial charge in [-0.1, -0.05) is 11.6 Å². The van der Waals surface area contributed by atoms with Crippen LogP contribution in [0.5, 0.6) is 5.75 Å². The SMILES string of the molecule is COc1cc(C)c(-c2c[nH]c(N)c2C#N)cc1Cl. The largest absolute Gasteiger partial charge is 0.495 e. The number of anilines is 1. The average Bonchev–Trinajstić information content (AvgIpc) is 2.72. The van der Waals surface area contributed by atoms with Gasteiger partial charge in [0.1, 0.15) is 23.2 Å². The number of hydrogen-bond acceptors (Lipinski definition) is 3. The van der Waals surface area contributed by atoms with E-state index in [1.807, 2.05) is 13.0 Å². The lowest BCUT2D eigenvalue weighted by Crippen LogP contribution is -1.91. The Labute approximate surface area is 110 Å². The van der Waals surface area contributed by atoms with Crippen molar-refractivity contribution in [3.05, 3.63) is 34.5 Å². The van der Waals surface area contributed by atoms with Gasteiger partial charge in [0.25, 0.3) is 0 Å². The fraction of sp³-hybridized carbons (Fsp3) is 0.154. The van der Waals surface area contributed by atoms with E-state index < -0.39 is 0 Å². The molecule has 4 nitrogen and oxygen atoms in total. The number of nitrogen functional groups attached to an aromatic ring is 1. The number of aromatic amines is 1. The number of benzene rings is 1. The molecule has 3 N–H and O–H groups in total. The van der Waals surface area contributed by atoms with Gasteiger partial charge >= 0.3 is 0 Å². The topological polar surface area (TPSA) is 74.8 Å². The molecule has 2 aromatic rings. The van der Waals surface area contributed by atoms with Crippen molar-refractivity contribution in [2.45, 2.75) is 6.92 Å². The molecule has 1 aromatic carbocycles. The molecule has 0 spiro atoms. The quantitative estimate of drug-likeness (QED) is 0.872. The van der Waals surface area contributed by atoms with Gasteiger partial charge in [-0.05, 0) is 30.2 Å². The number of halogens is 1. The molecule has 0 amide bonds. The number of H-pyrrole nitrogens is 1. The highest BCUT2D eigenvalue weighted by molar-refractivity contribution is 6.32. The molecule has 1 heterocycles. The van der Waals surface area contributed by atoms with E-state index in [1.54, 1.807) is 19.4 Å². The van der Waals surface area contributed by atoms with Crippen LogP contribution in [-0.4, -0.2) is 12.1 Å². The Morgan fingerprint density at radius 3 is 2.72 bits per heavy atom. The van der Waals surface area contributed by atoms with Crippen molar-refractivity contribution >= 4 is 17.4 Å². The molecular weight excluding hydrogens is 250 g/mol. The van der Waals surface area contributed by atoms with Crippen LogP contribution in [0, 0.1) is 18.3 Å². The minimum Gasteiger partial charge on any atom is -0.495 e. The lowest BCUT2D eigenvalue weighted by Gasteiger charge is -2.09. The number of aryl methyl sites for hydroxylation is 1. The molecule has 0 unspecified atom stereocenters. The van der Waals surface area contributed by atoms with E-state index in [-0.39, 0.29) is 0 Å². The summed E-state index contributed by atoms with van der Waals surface area (Å²) < 4.78 is 5.15. The number of nitrogens with zero attached hydrogens (tertiary/aromatic N) is 1. The highest BCUT2D eigenvalue weighted by Gasteiger charge is 2.14. The zero-order chi connectivity index (χ0) is 13.3. The maximum atomic E-state index is 9.10. The maximum Gasteiger partial charge on any atom is 0.137 e. The van der Waals surface area contributed by atoms with E-state index in [0.717, 1.165) is 16.7 Å². The summed E-state index contributed by atoms with van der Waals surface area (Å²) in [7, 11) is 1.56. The summed E-state index contributed by atoms with van der Waals surface area (Å²) in [6, 6.07) is 5.70. The summed E-state index contributed by atoms with van der Waals surface area (Å²) in [5, 5.41) is 9.60. The molecule has 0 fully saturated rings. The first-order chi connectivity index (χ1) is 8.58. The zero-order valence-electron chi connectivity index (χ0n) is 10.0. The third-order valence-corrected chi connectivity index (χ3v) is 3.11. The normalized spacial score (nSPS) is 10.1. The van der Waals surface area contributed by atoms with E-state index in [2.05, 4.69) is 11.1 Å². The lowest BCUT2D eigenvalue weighted by atomic mass is 9.99. The molecule has 2 rings (SSSR count). The third kappa shape index (κ3) is 1.89. The molecule has 0 aliphatic heterocycles. The summed E-state index contributed by atoms with van der Waals surface area (Å²) in [5.41, 5.74) is 8.71. The van der Waals surface area contributed by atoms with E-state index in [9.17, 15) is 0 Å². The fourth-order valence-electron chi connectivity index (χ4n) is 1.87. The molecule has 1 aromatic heterocycles. The molecule has 18 heavy (non-hydrogen) atoms. The highest BCUT2D eigenvalue weighted by atomic mass is 35.5. The van der Waals surface area contributed by atoms with Crippen LogP contribution in [0.25, 0.3) is 11.1 Å². The molecule has 0 atom stereocenters. The number of nitriles is 1. The second-order valence-electron chi connectivity index (χ2n) is 3.90. The summed E-state index contributed by atoms with van der Waals surface area (Å²) in [5.74, 6) is 0.971. The number of ether oxygens (including phenoxy) is 1. The summed E-state index contributed by atoms with van der Waals surface area (Å²) in [6.45, 7) is 1.93. The number of nitrogens with one attached hydrogen (secondary N) is 1. The van der Waals surface area contributed by atoms with E-state index in [0.29, 0.717) is 22.2 Å². The van der Waals surface area contributed by atoms with Crippen molar-refractivity contribution in [1.29, 1.82) is 5.26 Å². The average molecular weight is 262 g/mol. The molecular formula is C13H12ClN3O. The van der Waals surface area contributed by atoms with Gasteiger partial charge in [0.2, 0.25) is 0 Å². The number of hydrogen-bond donors (Lipinski definition) is 2. The van der Waals surface area contributed by atoms with Crippen molar-refractivity contribution in [2.75, 3.05) is 12.8 Å². The number of nitrogens with two attached hydrogens (primary N) is 1.